The summed E-state index contributed by atoms with van der Waals surface area (Å²) in [6.45, 7) is 2.68. The molecule has 1 saturated heterocycles. The molecule has 18 heavy (non-hydrogen) atoms. The van der Waals surface area contributed by atoms with Gasteiger partial charge < -0.3 is 19.8 Å². The Morgan fingerprint density at radius 2 is 1.72 bits per heavy atom. The SMILES string of the molecule is CN1CCN(c2cc(B(O)O)cc(F)c2F)CC1. The lowest BCUT2D eigenvalue weighted by Gasteiger charge is -2.34. The van der Waals surface area contributed by atoms with Gasteiger partial charge in [0.25, 0.3) is 0 Å². The van der Waals surface area contributed by atoms with Crippen LogP contribution in [0.15, 0.2) is 12.1 Å². The molecule has 98 valence electrons. The molecule has 0 atom stereocenters. The average molecular weight is 256 g/mol. The Balaban J connectivity index is 2.31. The average Bonchev–Trinajstić information content (AvgIpc) is 2.33. The van der Waals surface area contributed by atoms with Gasteiger partial charge in [0, 0.05) is 26.2 Å². The number of benzene rings is 1. The van der Waals surface area contributed by atoms with Gasteiger partial charge in [0.1, 0.15) is 0 Å². The van der Waals surface area contributed by atoms with Crippen LogP contribution >= 0.6 is 0 Å². The molecular weight excluding hydrogens is 241 g/mol. The topological polar surface area (TPSA) is 46.9 Å². The maximum absolute atomic E-state index is 13.7. The van der Waals surface area contributed by atoms with E-state index in [-0.39, 0.29) is 11.2 Å². The van der Waals surface area contributed by atoms with Gasteiger partial charge in [-0.15, -0.1) is 0 Å². The highest BCUT2D eigenvalue weighted by Crippen LogP contribution is 2.21. The van der Waals surface area contributed by atoms with Gasteiger partial charge in [-0.1, -0.05) is 0 Å². The Morgan fingerprint density at radius 1 is 1.11 bits per heavy atom. The van der Waals surface area contributed by atoms with Crippen molar-refractivity contribution < 1.29 is 18.8 Å². The minimum Gasteiger partial charge on any atom is -0.423 e. The third-order valence-corrected chi connectivity index (χ3v) is 3.17. The van der Waals surface area contributed by atoms with Gasteiger partial charge in [-0.2, -0.15) is 0 Å². The molecule has 1 heterocycles. The number of halogens is 2. The molecule has 0 aliphatic carbocycles. The lowest BCUT2D eigenvalue weighted by atomic mass is 9.80. The van der Waals surface area contributed by atoms with Crippen LogP contribution in [0.5, 0.6) is 0 Å². The fourth-order valence-electron chi connectivity index (χ4n) is 2.02. The quantitative estimate of drug-likeness (QED) is 0.693. The zero-order chi connectivity index (χ0) is 13.3. The smallest absolute Gasteiger partial charge is 0.423 e. The molecule has 1 aliphatic heterocycles. The van der Waals surface area contributed by atoms with Gasteiger partial charge >= 0.3 is 7.12 Å². The predicted molar refractivity (Wildman–Crippen MR) is 65.9 cm³/mol. The van der Waals surface area contributed by atoms with Crippen molar-refractivity contribution in [2.24, 2.45) is 0 Å². The van der Waals surface area contributed by atoms with Crippen LogP contribution in [0.25, 0.3) is 0 Å². The fraction of sp³-hybridized carbons (Fsp3) is 0.455. The summed E-state index contributed by atoms with van der Waals surface area (Å²) in [5, 5.41) is 18.1. The van der Waals surface area contributed by atoms with Crippen molar-refractivity contribution in [3.05, 3.63) is 23.8 Å². The van der Waals surface area contributed by atoms with Crippen molar-refractivity contribution in [3.63, 3.8) is 0 Å². The molecule has 2 N–H and O–H groups in total. The maximum atomic E-state index is 13.7. The Labute approximate surface area is 105 Å². The molecule has 0 aromatic heterocycles. The first-order valence-corrected chi connectivity index (χ1v) is 5.77. The number of hydrogen-bond donors (Lipinski definition) is 2. The lowest BCUT2D eigenvalue weighted by Crippen LogP contribution is -2.45. The molecule has 0 amide bonds. The van der Waals surface area contributed by atoms with Crippen LogP contribution in [0.1, 0.15) is 0 Å². The van der Waals surface area contributed by atoms with Crippen LogP contribution in [0, 0.1) is 11.6 Å². The maximum Gasteiger partial charge on any atom is 0.488 e. The van der Waals surface area contributed by atoms with Crippen molar-refractivity contribution >= 4 is 18.3 Å². The number of anilines is 1. The summed E-state index contributed by atoms with van der Waals surface area (Å²) >= 11 is 0. The molecule has 0 spiro atoms. The van der Waals surface area contributed by atoms with Crippen molar-refractivity contribution in [2.75, 3.05) is 38.1 Å². The van der Waals surface area contributed by atoms with E-state index in [1.165, 1.54) is 6.07 Å². The summed E-state index contributed by atoms with van der Waals surface area (Å²) in [4.78, 5) is 3.81. The summed E-state index contributed by atoms with van der Waals surface area (Å²) in [5.74, 6) is -2.00. The van der Waals surface area contributed by atoms with Gasteiger partial charge in [0.2, 0.25) is 0 Å². The van der Waals surface area contributed by atoms with Crippen LogP contribution in [-0.4, -0.2) is 55.3 Å². The third kappa shape index (κ3) is 2.63. The molecule has 1 fully saturated rings. The van der Waals surface area contributed by atoms with Crippen LogP contribution in [-0.2, 0) is 0 Å². The van der Waals surface area contributed by atoms with Crippen LogP contribution < -0.4 is 10.4 Å². The molecular formula is C11H15BF2N2O2. The first kappa shape index (κ1) is 13.3. The number of likely N-dealkylation sites (N-methyl/N-ethyl adjacent to an activating group) is 1. The molecule has 0 saturated carbocycles. The lowest BCUT2D eigenvalue weighted by molar-refractivity contribution is 0.311. The molecule has 0 unspecified atom stereocenters. The second-order valence-electron chi connectivity index (χ2n) is 4.50. The van der Waals surface area contributed by atoms with Gasteiger partial charge in [-0.05, 0) is 24.6 Å². The molecule has 4 nitrogen and oxygen atoms in total. The Hall–Kier alpha value is -1.18. The van der Waals surface area contributed by atoms with Crippen LogP contribution in [0.3, 0.4) is 0 Å². The van der Waals surface area contributed by atoms with E-state index in [4.69, 9.17) is 10.0 Å². The van der Waals surface area contributed by atoms with Gasteiger partial charge in [0.15, 0.2) is 11.6 Å². The largest absolute Gasteiger partial charge is 0.488 e. The molecule has 1 aromatic rings. The van der Waals surface area contributed by atoms with Gasteiger partial charge in [0.05, 0.1) is 5.69 Å². The number of rotatable bonds is 2. The standard InChI is InChI=1S/C11H15BF2N2O2/c1-15-2-4-16(5-3-15)10-7-8(12(17)18)6-9(13)11(10)14/h6-7,17-18H,2-5H2,1H3. The number of piperazine rings is 1. The second-order valence-corrected chi connectivity index (χ2v) is 4.50. The molecule has 1 aromatic carbocycles. The summed E-state index contributed by atoms with van der Waals surface area (Å²) in [5.41, 5.74) is 0.0500. The molecule has 1 aliphatic rings. The molecule has 0 bridgehead atoms. The van der Waals surface area contributed by atoms with Gasteiger partial charge in [-0.25, -0.2) is 8.78 Å². The Morgan fingerprint density at radius 3 is 2.28 bits per heavy atom. The Kier molecular flexibility index (Phi) is 3.84. The summed E-state index contributed by atoms with van der Waals surface area (Å²) < 4.78 is 27.1. The van der Waals surface area contributed by atoms with Crippen molar-refractivity contribution in [2.45, 2.75) is 0 Å². The normalized spacial score (nSPS) is 17.1. The van der Waals surface area contributed by atoms with Crippen molar-refractivity contribution in [3.8, 4) is 0 Å². The first-order valence-electron chi connectivity index (χ1n) is 5.77. The third-order valence-electron chi connectivity index (χ3n) is 3.17. The zero-order valence-electron chi connectivity index (χ0n) is 10.1. The summed E-state index contributed by atoms with van der Waals surface area (Å²) in [6, 6.07) is 2.09. The monoisotopic (exact) mass is 256 g/mol. The predicted octanol–water partition coefficient (Wildman–Crippen LogP) is -0.604. The van der Waals surface area contributed by atoms with E-state index in [0.29, 0.717) is 13.1 Å². The Bertz CT molecular complexity index is 437. The zero-order valence-corrected chi connectivity index (χ0v) is 10.1. The fourth-order valence-corrected chi connectivity index (χ4v) is 2.02. The molecule has 2 rings (SSSR count). The number of nitrogens with zero attached hydrogens (tertiary/aromatic N) is 2. The van der Waals surface area contributed by atoms with E-state index in [1.54, 1.807) is 4.90 Å². The molecule has 7 heteroatoms. The second kappa shape index (κ2) is 5.21. The highest BCUT2D eigenvalue weighted by atomic mass is 19.2. The first-order chi connectivity index (χ1) is 8.49. The van der Waals surface area contributed by atoms with Crippen molar-refractivity contribution in [1.29, 1.82) is 0 Å². The van der Waals surface area contributed by atoms with Crippen LogP contribution in [0.2, 0.25) is 0 Å². The summed E-state index contributed by atoms with van der Waals surface area (Å²) in [7, 11) is 0.161. The minimum absolute atomic E-state index is 0.0390. The highest BCUT2D eigenvalue weighted by Gasteiger charge is 2.23. The van der Waals surface area contributed by atoms with E-state index >= 15 is 0 Å². The van der Waals surface area contributed by atoms with E-state index in [2.05, 4.69) is 4.90 Å². The van der Waals surface area contributed by atoms with E-state index in [9.17, 15) is 8.78 Å². The van der Waals surface area contributed by atoms with E-state index in [0.717, 1.165) is 19.2 Å². The number of hydrogen-bond acceptors (Lipinski definition) is 4. The van der Waals surface area contributed by atoms with Gasteiger partial charge in [-0.3, -0.25) is 0 Å². The van der Waals surface area contributed by atoms with Crippen LogP contribution in [0.4, 0.5) is 14.5 Å². The minimum atomic E-state index is -1.80. The van der Waals surface area contributed by atoms with E-state index in [1.807, 2.05) is 7.05 Å². The van der Waals surface area contributed by atoms with Crippen molar-refractivity contribution in [1.82, 2.24) is 4.90 Å². The summed E-state index contributed by atoms with van der Waals surface area (Å²) in [6.07, 6.45) is 0. The van der Waals surface area contributed by atoms with E-state index < -0.39 is 18.8 Å². The molecule has 0 radical (unpaired) electrons. The highest BCUT2D eigenvalue weighted by molar-refractivity contribution is 6.58.